The molecule has 0 bridgehead atoms. The number of thiophene rings is 1. The molecule has 11 aromatic rings. The Kier molecular flexibility index (Phi) is 6.27. The van der Waals surface area contributed by atoms with Crippen LogP contribution in [0.25, 0.3) is 86.3 Å². The van der Waals surface area contributed by atoms with Crippen LogP contribution in [0.3, 0.4) is 0 Å². The van der Waals surface area contributed by atoms with Crippen molar-refractivity contribution in [2.75, 3.05) is 4.90 Å². The largest absolute Gasteiger partial charge is 0.456 e. The van der Waals surface area contributed by atoms with E-state index in [0.717, 1.165) is 72.1 Å². The minimum absolute atomic E-state index is 0.144. The number of anilines is 3. The van der Waals surface area contributed by atoms with Crippen LogP contribution in [0.4, 0.5) is 17.1 Å². The van der Waals surface area contributed by atoms with E-state index in [1.807, 2.05) is 17.4 Å². The molecule has 3 heterocycles. The molecule has 0 unspecified atom stereocenters. The molecule has 0 fully saturated rings. The van der Waals surface area contributed by atoms with Crippen molar-refractivity contribution >= 4 is 92.4 Å². The summed E-state index contributed by atoms with van der Waals surface area (Å²) in [4.78, 5) is 2.47. The van der Waals surface area contributed by atoms with Crippen LogP contribution in [-0.4, -0.2) is 0 Å². The maximum Gasteiger partial charge on any atom is 0.143 e. The van der Waals surface area contributed by atoms with E-state index < -0.39 is 0 Å². The Labute approximate surface area is 321 Å². The SMILES string of the molecule is CC1(C)c2ccccc2-c2ccc(N(c3cccc4oc5cc6c(cc5c34)oc3c(-c4ccccc4)cccc36)c3cccc4sc5ccccc5c34)cc21. The number of fused-ring (bicyclic) bond motifs is 12. The number of nitrogens with zero attached hydrogens (tertiary/aromatic N) is 1. The number of hydrogen-bond acceptors (Lipinski definition) is 4. The third-order valence-corrected chi connectivity index (χ3v) is 13.0. The first-order valence-electron chi connectivity index (χ1n) is 18.8. The van der Waals surface area contributed by atoms with Crippen LogP contribution >= 0.6 is 11.3 Å². The summed E-state index contributed by atoms with van der Waals surface area (Å²) in [6, 6.07) is 59.1. The highest BCUT2D eigenvalue weighted by atomic mass is 32.1. The molecule has 1 aliphatic carbocycles. The smallest absolute Gasteiger partial charge is 0.143 e. The van der Waals surface area contributed by atoms with E-state index >= 15 is 0 Å². The summed E-state index contributed by atoms with van der Waals surface area (Å²) in [7, 11) is 0. The fraction of sp³-hybridized carbons (Fsp3) is 0.0588. The van der Waals surface area contributed by atoms with Gasteiger partial charge in [0.1, 0.15) is 22.3 Å². The maximum absolute atomic E-state index is 6.78. The standard InChI is InChI=1S/C51H33NO2S/c1-51(2)39-19-8-6-15-33(39)34-26-25-31(27-40(34)51)52(42-21-12-24-47-49(42)36-16-7-9-23-46(36)55-47)41-20-11-22-43-48(41)38-29-44-37(28-45(38)53-43)35-18-10-17-32(50(35)54-44)30-13-4-3-5-14-30/h3-29H,1-2H3. The Hall–Kier alpha value is -6.62. The van der Waals surface area contributed by atoms with Gasteiger partial charge in [0.05, 0.1) is 16.8 Å². The average Bonchev–Trinajstić information content (AvgIpc) is 3.96. The minimum atomic E-state index is -0.144. The van der Waals surface area contributed by atoms with Gasteiger partial charge >= 0.3 is 0 Å². The summed E-state index contributed by atoms with van der Waals surface area (Å²) in [5, 5.41) is 6.73. The van der Waals surface area contributed by atoms with Crippen LogP contribution < -0.4 is 4.90 Å². The van der Waals surface area contributed by atoms with Crippen molar-refractivity contribution in [3.05, 3.63) is 175 Å². The molecule has 0 aliphatic heterocycles. The van der Waals surface area contributed by atoms with Crippen LogP contribution in [0.15, 0.2) is 173 Å². The number of benzene rings is 8. The maximum atomic E-state index is 6.78. The molecule has 0 amide bonds. The van der Waals surface area contributed by atoms with E-state index in [2.05, 4.69) is 176 Å². The van der Waals surface area contributed by atoms with Crippen LogP contribution in [0.5, 0.6) is 0 Å². The van der Waals surface area contributed by atoms with E-state index in [4.69, 9.17) is 8.83 Å². The van der Waals surface area contributed by atoms with Crippen LogP contribution in [-0.2, 0) is 5.41 Å². The molecule has 12 rings (SSSR count). The summed E-state index contributed by atoms with van der Waals surface area (Å²) in [5.41, 5.74) is 14.1. The van der Waals surface area contributed by atoms with Crippen molar-refractivity contribution in [1.29, 1.82) is 0 Å². The van der Waals surface area contributed by atoms with E-state index in [0.29, 0.717) is 0 Å². The Morgan fingerprint density at radius 3 is 2.04 bits per heavy atom. The van der Waals surface area contributed by atoms with Gasteiger partial charge in [0.15, 0.2) is 0 Å². The molecule has 8 aromatic carbocycles. The van der Waals surface area contributed by atoms with Gasteiger partial charge in [-0.15, -0.1) is 11.3 Å². The van der Waals surface area contributed by atoms with Gasteiger partial charge in [-0.25, -0.2) is 0 Å². The van der Waals surface area contributed by atoms with Crippen molar-refractivity contribution in [3.63, 3.8) is 0 Å². The Balaban J connectivity index is 1.15. The molecule has 0 N–H and O–H groups in total. The van der Waals surface area contributed by atoms with Gasteiger partial charge in [0.2, 0.25) is 0 Å². The topological polar surface area (TPSA) is 29.5 Å². The predicted octanol–water partition coefficient (Wildman–Crippen LogP) is 15.3. The first-order chi connectivity index (χ1) is 27.0. The summed E-state index contributed by atoms with van der Waals surface area (Å²) in [6.45, 7) is 4.70. The van der Waals surface area contributed by atoms with Crippen molar-refractivity contribution in [1.82, 2.24) is 0 Å². The zero-order valence-corrected chi connectivity index (χ0v) is 31.1. The molecule has 0 saturated heterocycles. The molecule has 1 aliphatic rings. The monoisotopic (exact) mass is 723 g/mol. The van der Waals surface area contributed by atoms with Crippen LogP contribution in [0.2, 0.25) is 0 Å². The lowest BCUT2D eigenvalue weighted by atomic mass is 9.82. The second-order valence-electron chi connectivity index (χ2n) is 15.2. The molecule has 260 valence electrons. The summed E-state index contributed by atoms with van der Waals surface area (Å²) in [5.74, 6) is 0. The average molecular weight is 724 g/mol. The first kappa shape index (κ1) is 30.8. The molecule has 4 heteroatoms. The lowest BCUT2D eigenvalue weighted by Crippen LogP contribution is -2.16. The van der Waals surface area contributed by atoms with E-state index in [1.165, 1.54) is 42.4 Å². The molecule has 3 nitrogen and oxygen atoms in total. The summed E-state index contributed by atoms with van der Waals surface area (Å²) in [6.07, 6.45) is 0. The van der Waals surface area contributed by atoms with Crippen molar-refractivity contribution < 1.29 is 8.83 Å². The van der Waals surface area contributed by atoms with Gasteiger partial charge < -0.3 is 13.7 Å². The van der Waals surface area contributed by atoms with Gasteiger partial charge in [0.25, 0.3) is 0 Å². The van der Waals surface area contributed by atoms with E-state index in [1.54, 1.807) is 0 Å². The zero-order valence-electron chi connectivity index (χ0n) is 30.3. The highest BCUT2D eigenvalue weighted by Gasteiger charge is 2.36. The molecule has 0 spiro atoms. The molecule has 0 radical (unpaired) electrons. The van der Waals surface area contributed by atoms with Crippen molar-refractivity contribution in [2.24, 2.45) is 0 Å². The Morgan fingerprint density at radius 2 is 1.13 bits per heavy atom. The Morgan fingerprint density at radius 1 is 0.455 bits per heavy atom. The second kappa shape index (κ2) is 11.2. The van der Waals surface area contributed by atoms with Gasteiger partial charge in [-0.05, 0) is 82.4 Å². The quantitative estimate of drug-likeness (QED) is 0.181. The highest BCUT2D eigenvalue weighted by molar-refractivity contribution is 7.26. The molecular formula is C51H33NO2S. The van der Waals surface area contributed by atoms with Gasteiger partial charge in [-0.3, -0.25) is 0 Å². The molecule has 0 atom stereocenters. The Bertz CT molecular complexity index is 3360. The third kappa shape index (κ3) is 4.31. The van der Waals surface area contributed by atoms with Gasteiger partial charge in [-0.1, -0.05) is 123 Å². The van der Waals surface area contributed by atoms with Crippen LogP contribution in [0, 0.1) is 0 Å². The van der Waals surface area contributed by atoms with Gasteiger partial charge in [0, 0.05) is 53.0 Å². The number of para-hydroxylation sites is 1. The molecular weight excluding hydrogens is 691 g/mol. The second-order valence-corrected chi connectivity index (χ2v) is 16.3. The molecule has 55 heavy (non-hydrogen) atoms. The minimum Gasteiger partial charge on any atom is -0.456 e. The third-order valence-electron chi connectivity index (χ3n) is 11.9. The fourth-order valence-electron chi connectivity index (χ4n) is 9.31. The number of rotatable bonds is 4. The molecule has 3 aromatic heterocycles. The van der Waals surface area contributed by atoms with Gasteiger partial charge in [-0.2, -0.15) is 0 Å². The highest BCUT2D eigenvalue weighted by Crippen LogP contribution is 2.53. The summed E-state index contributed by atoms with van der Waals surface area (Å²) >= 11 is 1.85. The van der Waals surface area contributed by atoms with Crippen LogP contribution in [0.1, 0.15) is 25.0 Å². The van der Waals surface area contributed by atoms with Crippen molar-refractivity contribution in [3.8, 4) is 22.3 Å². The lowest BCUT2D eigenvalue weighted by Gasteiger charge is -2.29. The number of hydrogen-bond donors (Lipinski definition) is 0. The first-order valence-corrected chi connectivity index (χ1v) is 19.7. The normalized spacial score (nSPS) is 13.4. The van der Waals surface area contributed by atoms with E-state index in [-0.39, 0.29) is 5.41 Å². The summed E-state index contributed by atoms with van der Waals surface area (Å²) < 4.78 is 16.1. The number of furan rings is 2. The lowest BCUT2D eigenvalue weighted by molar-refractivity contribution is 0.660. The van der Waals surface area contributed by atoms with E-state index in [9.17, 15) is 0 Å². The van der Waals surface area contributed by atoms with Crippen molar-refractivity contribution in [2.45, 2.75) is 19.3 Å². The predicted molar refractivity (Wildman–Crippen MR) is 232 cm³/mol. The molecule has 0 saturated carbocycles. The zero-order chi connectivity index (χ0) is 36.4. The fourth-order valence-corrected chi connectivity index (χ4v) is 10.4.